The van der Waals surface area contributed by atoms with Crippen LogP contribution in [-0.2, 0) is 13.1 Å². The number of hydrogen-bond donors (Lipinski definition) is 1. The molecule has 2 aromatic rings. The number of amides is 2. The molecule has 0 radical (unpaired) electrons. The van der Waals surface area contributed by atoms with E-state index in [0.717, 1.165) is 21.3 Å². The van der Waals surface area contributed by atoms with Gasteiger partial charge in [0, 0.05) is 42.2 Å². The quantitative estimate of drug-likeness (QED) is 0.892. The highest BCUT2D eigenvalue weighted by Gasteiger charge is 2.36. The van der Waals surface area contributed by atoms with Crippen LogP contribution in [-0.4, -0.2) is 28.6 Å². The van der Waals surface area contributed by atoms with Crippen molar-refractivity contribution < 1.29 is 4.79 Å². The summed E-state index contributed by atoms with van der Waals surface area (Å²) in [5.74, 6) is 0.589. The molecule has 0 aromatic carbocycles. The molecule has 2 aliphatic rings. The molecule has 5 nitrogen and oxygen atoms in total. The summed E-state index contributed by atoms with van der Waals surface area (Å²) in [4.78, 5) is 27.5. The number of hydrogen-bond acceptors (Lipinski definition) is 3. The summed E-state index contributed by atoms with van der Waals surface area (Å²) in [5.41, 5.74) is 1.12. The fraction of sp³-hybridized carbons (Fsp3) is 0.412. The number of piperidine rings is 1. The molecule has 1 N–H and O–H groups in total. The summed E-state index contributed by atoms with van der Waals surface area (Å²) in [6.45, 7) is 2.57. The van der Waals surface area contributed by atoms with E-state index < -0.39 is 0 Å². The Morgan fingerprint density at radius 2 is 2.12 bits per heavy atom. The molecule has 0 spiro atoms. The lowest BCUT2D eigenvalue weighted by atomic mass is 9.83. The average Bonchev–Trinajstić information content (AvgIpc) is 2.99. The van der Waals surface area contributed by atoms with Crippen molar-refractivity contribution >= 4 is 29.0 Å². The van der Waals surface area contributed by atoms with Gasteiger partial charge in [0.25, 0.3) is 5.56 Å². The third kappa shape index (κ3) is 2.96. The Hall–Kier alpha value is -1.79. The predicted octanol–water partition coefficient (Wildman–Crippen LogP) is 2.89. The van der Waals surface area contributed by atoms with E-state index in [1.807, 2.05) is 33.7 Å². The van der Waals surface area contributed by atoms with Crippen molar-refractivity contribution in [3.63, 3.8) is 0 Å². The number of likely N-dealkylation sites (tertiary alicyclic amines) is 1. The van der Waals surface area contributed by atoms with Crippen LogP contribution in [0.25, 0.3) is 0 Å². The van der Waals surface area contributed by atoms with Crippen LogP contribution in [0.2, 0.25) is 4.34 Å². The average molecular weight is 364 g/mol. The van der Waals surface area contributed by atoms with Crippen LogP contribution in [0.15, 0.2) is 35.1 Å². The molecule has 4 heterocycles. The zero-order chi connectivity index (χ0) is 16.7. The molecule has 0 unspecified atom stereocenters. The normalized spacial score (nSPS) is 22.1. The van der Waals surface area contributed by atoms with Crippen LogP contribution in [0, 0.1) is 5.92 Å². The lowest BCUT2D eigenvalue weighted by molar-refractivity contribution is 0.131. The molecule has 1 fully saturated rings. The Kier molecular flexibility index (Phi) is 4.10. The van der Waals surface area contributed by atoms with E-state index in [9.17, 15) is 9.59 Å². The van der Waals surface area contributed by atoms with Gasteiger partial charge in [0.05, 0.1) is 10.9 Å². The monoisotopic (exact) mass is 363 g/mol. The summed E-state index contributed by atoms with van der Waals surface area (Å²) in [5, 5.41) is 2.98. The number of nitrogens with zero attached hydrogens (tertiary/aromatic N) is 2. The zero-order valence-corrected chi connectivity index (χ0v) is 14.6. The Labute approximate surface area is 148 Å². The van der Waals surface area contributed by atoms with E-state index in [1.54, 1.807) is 6.07 Å². The van der Waals surface area contributed by atoms with E-state index in [2.05, 4.69) is 5.32 Å². The topological polar surface area (TPSA) is 54.3 Å². The Morgan fingerprint density at radius 1 is 1.25 bits per heavy atom. The standard InChI is InChI=1S/C17H18ClN3O2S/c18-15-5-4-13(24-15)7-19-17(23)20-8-11-6-12(10-20)14-2-1-3-16(22)21(14)9-11/h1-5,11-12H,6-10H2,(H,19,23)/t11-,12+/m0/s1. The molecule has 2 aliphatic heterocycles. The molecule has 4 rings (SSSR count). The fourth-order valence-electron chi connectivity index (χ4n) is 3.78. The molecule has 24 heavy (non-hydrogen) atoms. The first-order valence-electron chi connectivity index (χ1n) is 8.07. The van der Waals surface area contributed by atoms with Gasteiger partial charge in [0.2, 0.25) is 0 Å². The van der Waals surface area contributed by atoms with Crippen molar-refractivity contribution in [2.75, 3.05) is 13.1 Å². The molecule has 7 heteroatoms. The van der Waals surface area contributed by atoms with Gasteiger partial charge in [-0.2, -0.15) is 0 Å². The minimum atomic E-state index is -0.0408. The highest BCUT2D eigenvalue weighted by molar-refractivity contribution is 7.16. The molecule has 2 amide bonds. The number of rotatable bonds is 2. The molecular formula is C17H18ClN3O2S. The number of thiophene rings is 1. The van der Waals surface area contributed by atoms with E-state index >= 15 is 0 Å². The first-order valence-corrected chi connectivity index (χ1v) is 9.26. The third-order valence-electron chi connectivity index (χ3n) is 4.81. The van der Waals surface area contributed by atoms with Gasteiger partial charge < -0.3 is 14.8 Å². The van der Waals surface area contributed by atoms with Crippen molar-refractivity contribution in [2.24, 2.45) is 5.92 Å². The number of pyridine rings is 1. The molecule has 0 aliphatic carbocycles. The Morgan fingerprint density at radius 3 is 2.92 bits per heavy atom. The smallest absolute Gasteiger partial charge is 0.317 e. The fourth-order valence-corrected chi connectivity index (χ4v) is 4.81. The second-order valence-electron chi connectivity index (χ2n) is 6.47. The minimum Gasteiger partial charge on any atom is -0.333 e. The van der Waals surface area contributed by atoms with E-state index in [1.165, 1.54) is 11.3 Å². The molecule has 2 aromatic heterocycles. The molecule has 1 saturated heterocycles. The minimum absolute atomic E-state index is 0.0408. The van der Waals surface area contributed by atoms with Crippen LogP contribution in [0.4, 0.5) is 4.79 Å². The third-order valence-corrected chi connectivity index (χ3v) is 6.04. The van der Waals surface area contributed by atoms with Gasteiger partial charge in [0.15, 0.2) is 0 Å². The van der Waals surface area contributed by atoms with Gasteiger partial charge in [-0.25, -0.2) is 4.79 Å². The van der Waals surface area contributed by atoms with Gasteiger partial charge in [-0.1, -0.05) is 17.7 Å². The largest absolute Gasteiger partial charge is 0.333 e. The van der Waals surface area contributed by atoms with Crippen molar-refractivity contribution in [3.05, 3.63) is 55.6 Å². The van der Waals surface area contributed by atoms with Crippen molar-refractivity contribution in [3.8, 4) is 0 Å². The maximum atomic E-state index is 12.5. The second kappa shape index (κ2) is 6.26. The summed E-state index contributed by atoms with van der Waals surface area (Å²) in [6, 6.07) is 9.17. The van der Waals surface area contributed by atoms with Gasteiger partial charge >= 0.3 is 6.03 Å². The van der Waals surface area contributed by atoms with Gasteiger partial charge in [-0.3, -0.25) is 4.79 Å². The highest BCUT2D eigenvalue weighted by Crippen LogP contribution is 2.34. The summed E-state index contributed by atoms with van der Waals surface area (Å²) >= 11 is 7.40. The first-order chi connectivity index (χ1) is 11.6. The van der Waals surface area contributed by atoms with Crippen LogP contribution < -0.4 is 10.9 Å². The Bertz CT molecular complexity index is 831. The molecule has 2 bridgehead atoms. The molecule has 2 atom stereocenters. The number of carbonyl (C=O) groups excluding carboxylic acids is 1. The number of nitrogens with one attached hydrogen (secondary N) is 1. The summed E-state index contributed by atoms with van der Waals surface area (Å²) in [7, 11) is 0. The maximum absolute atomic E-state index is 12.5. The number of urea groups is 1. The van der Waals surface area contributed by atoms with Crippen LogP contribution in [0.3, 0.4) is 0 Å². The van der Waals surface area contributed by atoms with Crippen molar-refractivity contribution in [2.45, 2.75) is 25.4 Å². The van der Waals surface area contributed by atoms with Crippen LogP contribution >= 0.6 is 22.9 Å². The van der Waals surface area contributed by atoms with E-state index in [4.69, 9.17) is 11.6 Å². The second-order valence-corrected chi connectivity index (χ2v) is 8.27. The summed E-state index contributed by atoms with van der Waals surface area (Å²) in [6.07, 6.45) is 1.05. The first kappa shape index (κ1) is 15.7. The van der Waals surface area contributed by atoms with Gasteiger partial charge in [0.1, 0.15) is 0 Å². The molecule has 0 saturated carbocycles. The van der Waals surface area contributed by atoms with Crippen molar-refractivity contribution in [1.82, 2.24) is 14.8 Å². The number of fused-ring (bicyclic) bond motifs is 4. The number of carbonyl (C=O) groups is 1. The van der Waals surface area contributed by atoms with E-state index in [0.29, 0.717) is 32.1 Å². The van der Waals surface area contributed by atoms with Crippen LogP contribution in [0.5, 0.6) is 0 Å². The molecular weight excluding hydrogens is 346 g/mol. The lowest BCUT2D eigenvalue weighted by Crippen LogP contribution is -2.51. The Balaban J connectivity index is 1.45. The number of aromatic nitrogens is 1. The maximum Gasteiger partial charge on any atom is 0.317 e. The zero-order valence-electron chi connectivity index (χ0n) is 13.1. The van der Waals surface area contributed by atoms with Crippen molar-refractivity contribution in [1.29, 1.82) is 0 Å². The predicted molar refractivity (Wildman–Crippen MR) is 94.7 cm³/mol. The SMILES string of the molecule is O=C(NCc1ccc(Cl)s1)N1C[C@@H]2C[C@H](C1)c1cccc(=O)n1C2. The van der Waals surface area contributed by atoms with Gasteiger partial charge in [-0.15, -0.1) is 11.3 Å². The highest BCUT2D eigenvalue weighted by atomic mass is 35.5. The van der Waals surface area contributed by atoms with Crippen LogP contribution in [0.1, 0.15) is 22.9 Å². The van der Waals surface area contributed by atoms with E-state index in [-0.39, 0.29) is 17.5 Å². The van der Waals surface area contributed by atoms with Gasteiger partial charge in [-0.05, 0) is 30.5 Å². The lowest BCUT2D eigenvalue weighted by Gasteiger charge is -2.42. The molecule has 126 valence electrons. The number of halogens is 1. The summed E-state index contributed by atoms with van der Waals surface area (Å²) < 4.78 is 2.61.